The van der Waals surface area contributed by atoms with Crippen LogP contribution in [0.4, 0.5) is 0 Å². The molecule has 0 atom stereocenters. The zero-order valence-electron chi connectivity index (χ0n) is 20.8. The molecule has 7 heteroatoms. The van der Waals surface area contributed by atoms with E-state index in [1.54, 1.807) is 12.1 Å². The summed E-state index contributed by atoms with van der Waals surface area (Å²) in [6.07, 6.45) is 1.22. The minimum absolute atomic E-state index is 0.314. The zero-order valence-corrected chi connectivity index (χ0v) is 21.6. The minimum atomic E-state index is -3.23. The molecular formula is C28H32N4O2S. The van der Waals surface area contributed by atoms with E-state index in [-0.39, 0.29) is 0 Å². The van der Waals surface area contributed by atoms with Gasteiger partial charge in [0.1, 0.15) is 5.82 Å². The van der Waals surface area contributed by atoms with E-state index in [1.165, 1.54) is 22.9 Å². The first-order chi connectivity index (χ1) is 16.7. The molecule has 1 aliphatic heterocycles. The van der Waals surface area contributed by atoms with Crippen molar-refractivity contribution < 1.29 is 8.42 Å². The Balaban J connectivity index is 1.42. The number of likely N-dealkylation sites (N-methyl/N-ethyl adjacent to an activating group) is 1. The second-order valence-electron chi connectivity index (χ2n) is 9.73. The summed E-state index contributed by atoms with van der Waals surface area (Å²) in [6.45, 7) is 7.59. The lowest BCUT2D eigenvalue weighted by atomic mass is 10.0. The number of aromatic nitrogens is 2. The Morgan fingerprint density at radius 1 is 0.829 bits per heavy atom. The summed E-state index contributed by atoms with van der Waals surface area (Å²) in [6, 6.07) is 20.2. The van der Waals surface area contributed by atoms with Crippen molar-refractivity contribution >= 4 is 20.9 Å². The van der Waals surface area contributed by atoms with E-state index in [4.69, 9.17) is 4.98 Å². The van der Waals surface area contributed by atoms with Crippen molar-refractivity contribution in [1.82, 2.24) is 19.4 Å². The van der Waals surface area contributed by atoms with Gasteiger partial charge in [0.25, 0.3) is 0 Å². The molecule has 0 aliphatic carbocycles. The average molecular weight is 489 g/mol. The summed E-state index contributed by atoms with van der Waals surface area (Å²) in [4.78, 5) is 10.1. The van der Waals surface area contributed by atoms with Crippen LogP contribution >= 0.6 is 0 Å². The van der Waals surface area contributed by atoms with Gasteiger partial charge in [0.15, 0.2) is 9.84 Å². The number of hydrogen-bond acceptors (Lipinski definition) is 5. The molecule has 5 rings (SSSR count). The van der Waals surface area contributed by atoms with Gasteiger partial charge < -0.3 is 9.47 Å². The normalized spacial score (nSPS) is 15.7. The third kappa shape index (κ3) is 4.89. The fraction of sp³-hybridized carbons (Fsp3) is 0.321. The molecule has 0 saturated carbocycles. The summed E-state index contributed by atoms with van der Waals surface area (Å²) in [5.74, 6) is 0.822. The van der Waals surface area contributed by atoms with E-state index >= 15 is 0 Å². The van der Waals surface area contributed by atoms with Crippen molar-refractivity contribution in [2.45, 2.75) is 18.4 Å². The van der Waals surface area contributed by atoms with Crippen LogP contribution in [0.2, 0.25) is 0 Å². The van der Waals surface area contributed by atoms with E-state index in [0.717, 1.165) is 60.7 Å². The van der Waals surface area contributed by atoms with Crippen molar-refractivity contribution in [2.24, 2.45) is 7.05 Å². The summed E-state index contributed by atoms with van der Waals surface area (Å²) >= 11 is 0. The van der Waals surface area contributed by atoms with Crippen LogP contribution < -0.4 is 0 Å². The summed E-state index contributed by atoms with van der Waals surface area (Å²) < 4.78 is 25.7. The fourth-order valence-electron chi connectivity index (χ4n) is 4.80. The molecule has 0 spiro atoms. The molecule has 2 heterocycles. The van der Waals surface area contributed by atoms with Gasteiger partial charge in [-0.05, 0) is 72.6 Å². The third-order valence-electron chi connectivity index (χ3n) is 7.01. The van der Waals surface area contributed by atoms with Crippen molar-refractivity contribution in [2.75, 3.05) is 39.5 Å². The van der Waals surface area contributed by atoms with Gasteiger partial charge in [-0.3, -0.25) is 4.90 Å². The van der Waals surface area contributed by atoms with Gasteiger partial charge in [-0.2, -0.15) is 0 Å². The Labute approximate surface area is 207 Å². The van der Waals surface area contributed by atoms with E-state index in [2.05, 4.69) is 64.7 Å². The Hall–Kier alpha value is -3.00. The first-order valence-corrected chi connectivity index (χ1v) is 13.9. The van der Waals surface area contributed by atoms with Gasteiger partial charge in [0, 0.05) is 51.6 Å². The maximum Gasteiger partial charge on any atom is 0.175 e. The molecule has 1 saturated heterocycles. The number of nitrogens with zero attached hydrogens (tertiary/aromatic N) is 4. The van der Waals surface area contributed by atoms with Crippen molar-refractivity contribution in [3.8, 4) is 22.5 Å². The molecular weight excluding hydrogens is 456 g/mol. The topological polar surface area (TPSA) is 58.4 Å². The van der Waals surface area contributed by atoms with Crippen molar-refractivity contribution in [1.29, 1.82) is 0 Å². The Bertz CT molecular complexity index is 1460. The SMILES string of the molecule is Cc1cc(-c2ccc(CN3CCN(C)CC3)cc2)cc2c1nc(-c1ccc(S(C)(=O)=O)cc1)n2C. The molecule has 4 aromatic rings. The third-order valence-corrected chi connectivity index (χ3v) is 8.14. The summed E-state index contributed by atoms with van der Waals surface area (Å²) in [5.41, 5.74) is 7.74. The highest BCUT2D eigenvalue weighted by Crippen LogP contribution is 2.31. The number of aryl methyl sites for hydroxylation is 2. The molecule has 0 N–H and O–H groups in total. The lowest BCUT2D eigenvalue weighted by molar-refractivity contribution is 0.148. The number of hydrogen-bond donors (Lipinski definition) is 0. The summed E-state index contributed by atoms with van der Waals surface area (Å²) in [7, 11) is 0.972. The van der Waals surface area contributed by atoms with Crippen LogP contribution in [-0.2, 0) is 23.4 Å². The van der Waals surface area contributed by atoms with E-state index in [1.807, 2.05) is 19.2 Å². The van der Waals surface area contributed by atoms with Gasteiger partial charge in [0.2, 0.25) is 0 Å². The molecule has 182 valence electrons. The van der Waals surface area contributed by atoms with Gasteiger partial charge in [0.05, 0.1) is 15.9 Å². The largest absolute Gasteiger partial charge is 0.327 e. The highest BCUT2D eigenvalue weighted by atomic mass is 32.2. The van der Waals surface area contributed by atoms with Gasteiger partial charge in [-0.15, -0.1) is 0 Å². The highest BCUT2D eigenvalue weighted by molar-refractivity contribution is 7.90. The van der Waals surface area contributed by atoms with Crippen LogP contribution in [-0.4, -0.2) is 67.3 Å². The number of piperazine rings is 1. The van der Waals surface area contributed by atoms with Crippen LogP contribution in [0.3, 0.4) is 0 Å². The van der Waals surface area contributed by atoms with Crippen LogP contribution in [0, 0.1) is 6.92 Å². The van der Waals surface area contributed by atoms with Crippen LogP contribution in [0.1, 0.15) is 11.1 Å². The molecule has 1 aliphatic rings. The fourth-order valence-corrected chi connectivity index (χ4v) is 5.43. The molecule has 6 nitrogen and oxygen atoms in total. The first kappa shape index (κ1) is 23.7. The maximum absolute atomic E-state index is 11.8. The van der Waals surface area contributed by atoms with E-state index in [9.17, 15) is 8.42 Å². The lowest BCUT2D eigenvalue weighted by Crippen LogP contribution is -2.43. The average Bonchev–Trinajstić information content (AvgIpc) is 3.17. The number of imidazole rings is 1. The number of rotatable bonds is 5. The number of fused-ring (bicyclic) bond motifs is 1. The quantitative estimate of drug-likeness (QED) is 0.418. The van der Waals surface area contributed by atoms with Crippen molar-refractivity contribution in [3.05, 3.63) is 71.8 Å². The molecule has 1 fully saturated rings. The minimum Gasteiger partial charge on any atom is -0.327 e. The molecule has 0 radical (unpaired) electrons. The Morgan fingerprint density at radius 3 is 2.09 bits per heavy atom. The second-order valence-corrected chi connectivity index (χ2v) is 11.7. The van der Waals surface area contributed by atoms with Crippen LogP contribution in [0.5, 0.6) is 0 Å². The molecule has 0 amide bonds. The Kier molecular flexibility index (Phi) is 6.25. The van der Waals surface area contributed by atoms with Crippen molar-refractivity contribution in [3.63, 3.8) is 0 Å². The number of sulfone groups is 1. The van der Waals surface area contributed by atoms with Crippen LogP contribution in [0.15, 0.2) is 65.6 Å². The Morgan fingerprint density at radius 2 is 1.46 bits per heavy atom. The molecule has 1 aromatic heterocycles. The predicted octanol–water partition coefficient (Wildman–Crippen LogP) is 4.37. The zero-order chi connectivity index (χ0) is 24.7. The number of benzene rings is 3. The lowest BCUT2D eigenvalue weighted by Gasteiger charge is -2.32. The smallest absolute Gasteiger partial charge is 0.175 e. The van der Waals surface area contributed by atoms with E-state index in [0.29, 0.717) is 4.90 Å². The van der Waals surface area contributed by atoms with E-state index < -0.39 is 9.84 Å². The van der Waals surface area contributed by atoms with Gasteiger partial charge in [-0.25, -0.2) is 13.4 Å². The molecule has 0 unspecified atom stereocenters. The van der Waals surface area contributed by atoms with Crippen LogP contribution in [0.25, 0.3) is 33.5 Å². The standard InChI is InChI=1S/C28H32N4O2S/c1-20-17-24(22-7-5-21(6-8-22)19-32-15-13-30(2)14-16-32)18-26-27(20)29-28(31(26)3)23-9-11-25(12-10-23)35(4,33)34/h5-12,17-18H,13-16,19H2,1-4H3. The molecule has 35 heavy (non-hydrogen) atoms. The first-order valence-electron chi connectivity index (χ1n) is 12.0. The second kappa shape index (κ2) is 9.22. The molecule has 0 bridgehead atoms. The highest BCUT2D eigenvalue weighted by Gasteiger charge is 2.16. The molecule has 3 aromatic carbocycles. The summed E-state index contributed by atoms with van der Waals surface area (Å²) in [5, 5.41) is 0. The van der Waals surface area contributed by atoms with Gasteiger partial charge >= 0.3 is 0 Å². The predicted molar refractivity (Wildman–Crippen MR) is 142 cm³/mol. The maximum atomic E-state index is 11.8. The van der Waals surface area contributed by atoms with Gasteiger partial charge in [-0.1, -0.05) is 24.3 Å². The monoisotopic (exact) mass is 488 g/mol.